The Kier molecular flexibility index (Phi) is 12.4. The normalized spacial score (nSPS) is 20.3. The van der Waals surface area contributed by atoms with E-state index in [0.717, 1.165) is 57.9 Å². The number of piperazine rings is 1. The number of guanidine groups is 1. The Morgan fingerprint density at radius 1 is 1.11 bits per heavy atom. The van der Waals surface area contributed by atoms with Gasteiger partial charge in [0.2, 0.25) is 5.91 Å². The number of halogens is 1. The molecule has 28 heavy (non-hydrogen) atoms. The number of carbonyl (C=O) groups excluding carboxylic acids is 1. The van der Waals surface area contributed by atoms with Gasteiger partial charge in [0.25, 0.3) is 0 Å². The molecule has 1 amide bonds. The number of carbonyl (C=O) groups is 1. The van der Waals surface area contributed by atoms with Gasteiger partial charge in [0.1, 0.15) is 0 Å². The van der Waals surface area contributed by atoms with Gasteiger partial charge in [-0.3, -0.25) is 14.7 Å². The quantitative estimate of drug-likeness (QED) is 0.286. The molecule has 1 aliphatic heterocycles. The van der Waals surface area contributed by atoms with Gasteiger partial charge >= 0.3 is 0 Å². The lowest BCUT2D eigenvalue weighted by atomic mass is 10.0. The Morgan fingerprint density at radius 3 is 2.36 bits per heavy atom. The molecule has 1 aliphatic carbocycles. The highest BCUT2D eigenvalue weighted by atomic mass is 127. The van der Waals surface area contributed by atoms with Crippen LogP contribution in [0.15, 0.2) is 4.99 Å². The molecule has 0 aromatic heterocycles. The number of amides is 1. The predicted molar refractivity (Wildman–Crippen MR) is 128 cm³/mol. The van der Waals surface area contributed by atoms with E-state index in [1.54, 1.807) is 0 Å². The van der Waals surface area contributed by atoms with E-state index >= 15 is 0 Å². The van der Waals surface area contributed by atoms with Crippen molar-refractivity contribution in [3.8, 4) is 0 Å². The van der Waals surface area contributed by atoms with Crippen LogP contribution in [-0.2, 0) is 4.79 Å². The summed E-state index contributed by atoms with van der Waals surface area (Å²) in [5.41, 5.74) is 6.02. The van der Waals surface area contributed by atoms with Crippen LogP contribution in [0.5, 0.6) is 0 Å². The first-order valence-corrected chi connectivity index (χ1v) is 11.0. The average molecular weight is 508 g/mol. The van der Waals surface area contributed by atoms with Gasteiger partial charge in [0.05, 0.1) is 6.54 Å². The maximum Gasteiger partial charge on any atom is 0.225 e. The summed E-state index contributed by atoms with van der Waals surface area (Å²) in [6, 6.07) is 0.373. The van der Waals surface area contributed by atoms with Crippen LogP contribution in [0.1, 0.15) is 65.7 Å². The summed E-state index contributed by atoms with van der Waals surface area (Å²) in [5, 5.41) is 3.30. The number of hydrogen-bond acceptors (Lipinski definition) is 3. The van der Waals surface area contributed by atoms with Gasteiger partial charge in [-0.25, -0.2) is 0 Å². The standard InChI is InChI=1S/C21H41N5O.HI/c1-17(2)7-6-8-18(3)24-21(22)23-11-12-25-13-15-26(16-14-25)20(27)19-9-4-5-10-19;/h17-19H,4-16H2,1-3H3,(H3,22,23,24);1H. The van der Waals surface area contributed by atoms with Gasteiger partial charge in [0.15, 0.2) is 5.96 Å². The molecule has 1 saturated carbocycles. The Labute approximate surface area is 189 Å². The highest BCUT2D eigenvalue weighted by Crippen LogP contribution is 2.26. The number of nitrogens with one attached hydrogen (secondary N) is 1. The lowest BCUT2D eigenvalue weighted by Crippen LogP contribution is -2.50. The molecule has 1 unspecified atom stereocenters. The molecule has 0 bridgehead atoms. The summed E-state index contributed by atoms with van der Waals surface area (Å²) in [7, 11) is 0. The third-order valence-electron chi connectivity index (χ3n) is 5.90. The van der Waals surface area contributed by atoms with E-state index in [-0.39, 0.29) is 24.0 Å². The lowest BCUT2D eigenvalue weighted by molar-refractivity contribution is -0.137. The van der Waals surface area contributed by atoms with Crippen LogP contribution in [0.4, 0.5) is 0 Å². The number of nitrogens with zero attached hydrogens (tertiary/aromatic N) is 3. The number of rotatable bonds is 9. The highest BCUT2D eigenvalue weighted by Gasteiger charge is 2.29. The van der Waals surface area contributed by atoms with Crippen molar-refractivity contribution in [1.82, 2.24) is 15.1 Å². The molecule has 6 nitrogen and oxygen atoms in total. The largest absolute Gasteiger partial charge is 0.370 e. The van der Waals surface area contributed by atoms with Crippen molar-refractivity contribution in [2.24, 2.45) is 22.6 Å². The molecule has 2 aliphatic rings. The van der Waals surface area contributed by atoms with Gasteiger partial charge < -0.3 is 16.0 Å². The van der Waals surface area contributed by atoms with E-state index in [1.807, 2.05) is 0 Å². The van der Waals surface area contributed by atoms with Gasteiger partial charge in [-0.15, -0.1) is 24.0 Å². The van der Waals surface area contributed by atoms with Crippen LogP contribution in [-0.4, -0.2) is 67.0 Å². The number of hydrogen-bond donors (Lipinski definition) is 2. The summed E-state index contributed by atoms with van der Waals surface area (Å²) >= 11 is 0. The van der Waals surface area contributed by atoms with Crippen LogP contribution in [0.2, 0.25) is 0 Å². The van der Waals surface area contributed by atoms with Crippen LogP contribution in [0, 0.1) is 11.8 Å². The average Bonchev–Trinajstić information content (AvgIpc) is 3.16. The minimum atomic E-state index is 0. The van der Waals surface area contributed by atoms with Crippen molar-refractivity contribution >= 4 is 35.8 Å². The van der Waals surface area contributed by atoms with Gasteiger partial charge in [0, 0.05) is 44.7 Å². The SMILES string of the molecule is CC(C)CCCC(C)NC(N)=NCCN1CCN(C(=O)C2CCCC2)CC1.I. The first kappa shape index (κ1) is 25.5. The zero-order valence-corrected chi connectivity index (χ0v) is 20.5. The molecule has 1 saturated heterocycles. The Morgan fingerprint density at radius 2 is 1.75 bits per heavy atom. The van der Waals surface area contributed by atoms with E-state index in [9.17, 15) is 4.79 Å². The minimum Gasteiger partial charge on any atom is -0.370 e. The molecule has 1 atom stereocenters. The smallest absolute Gasteiger partial charge is 0.225 e. The fourth-order valence-corrected chi connectivity index (χ4v) is 4.14. The van der Waals surface area contributed by atoms with Crippen molar-refractivity contribution in [2.75, 3.05) is 39.3 Å². The van der Waals surface area contributed by atoms with Crippen LogP contribution < -0.4 is 11.1 Å². The Bertz CT molecular complexity index is 471. The summed E-state index contributed by atoms with van der Waals surface area (Å²) in [6.45, 7) is 11.9. The summed E-state index contributed by atoms with van der Waals surface area (Å²) in [6.07, 6.45) is 8.25. The van der Waals surface area contributed by atoms with Crippen molar-refractivity contribution in [1.29, 1.82) is 0 Å². The predicted octanol–water partition coefficient (Wildman–Crippen LogP) is 3.06. The van der Waals surface area contributed by atoms with Crippen LogP contribution in [0.25, 0.3) is 0 Å². The zero-order chi connectivity index (χ0) is 19.6. The van der Waals surface area contributed by atoms with Gasteiger partial charge in [-0.1, -0.05) is 39.5 Å². The number of nitrogens with two attached hydrogens (primary N) is 1. The molecular formula is C21H42IN5O. The molecule has 3 N–H and O–H groups in total. The van der Waals surface area contributed by atoms with Gasteiger partial charge in [-0.05, 0) is 32.1 Å². The van der Waals surface area contributed by atoms with Crippen molar-refractivity contribution in [3.05, 3.63) is 0 Å². The highest BCUT2D eigenvalue weighted by molar-refractivity contribution is 14.0. The number of aliphatic imine (C=N–C) groups is 1. The van der Waals surface area contributed by atoms with Crippen LogP contribution >= 0.6 is 24.0 Å². The molecule has 0 aromatic carbocycles. The minimum absolute atomic E-state index is 0. The fourth-order valence-electron chi connectivity index (χ4n) is 4.14. The molecule has 164 valence electrons. The van der Waals surface area contributed by atoms with E-state index in [4.69, 9.17) is 5.73 Å². The second-order valence-electron chi connectivity index (χ2n) is 8.79. The second-order valence-corrected chi connectivity index (χ2v) is 8.79. The molecular weight excluding hydrogens is 465 g/mol. The van der Waals surface area contributed by atoms with Crippen molar-refractivity contribution < 1.29 is 4.79 Å². The van der Waals surface area contributed by atoms with E-state index < -0.39 is 0 Å². The molecule has 0 spiro atoms. The molecule has 1 heterocycles. The van der Waals surface area contributed by atoms with Crippen molar-refractivity contribution in [2.45, 2.75) is 71.8 Å². The van der Waals surface area contributed by atoms with E-state index in [2.05, 4.69) is 40.9 Å². The van der Waals surface area contributed by atoms with E-state index in [1.165, 1.54) is 25.7 Å². The second kappa shape index (κ2) is 13.6. The molecule has 2 fully saturated rings. The zero-order valence-electron chi connectivity index (χ0n) is 18.2. The summed E-state index contributed by atoms with van der Waals surface area (Å²) in [4.78, 5) is 21.4. The monoisotopic (exact) mass is 507 g/mol. The van der Waals surface area contributed by atoms with Crippen LogP contribution in [0.3, 0.4) is 0 Å². The Hall–Kier alpha value is -0.570. The maximum absolute atomic E-state index is 12.5. The van der Waals surface area contributed by atoms with Gasteiger partial charge in [-0.2, -0.15) is 0 Å². The molecule has 7 heteroatoms. The molecule has 0 aromatic rings. The first-order chi connectivity index (χ1) is 13.0. The third-order valence-corrected chi connectivity index (χ3v) is 5.90. The third kappa shape index (κ3) is 9.29. The lowest BCUT2D eigenvalue weighted by Gasteiger charge is -2.35. The summed E-state index contributed by atoms with van der Waals surface area (Å²) < 4.78 is 0. The first-order valence-electron chi connectivity index (χ1n) is 11.0. The molecule has 2 rings (SSSR count). The Balaban J connectivity index is 0.00000392. The maximum atomic E-state index is 12.5. The fraction of sp³-hybridized carbons (Fsp3) is 0.905. The topological polar surface area (TPSA) is 74.0 Å². The van der Waals surface area contributed by atoms with Crippen molar-refractivity contribution in [3.63, 3.8) is 0 Å². The molecule has 0 radical (unpaired) electrons. The summed E-state index contributed by atoms with van der Waals surface area (Å²) in [5.74, 6) is 2.01. The van der Waals surface area contributed by atoms with E-state index in [0.29, 0.717) is 30.4 Å².